The molecule has 1 saturated heterocycles. The lowest BCUT2D eigenvalue weighted by atomic mass is 10.1. The number of rotatable bonds is 3. The van der Waals surface area contributed by atoms with E-state index >= 15 is 0 Å². The Morgan fingerprint density at radius 2 is 1.55 bits per heavy atom. The molecule has 1 fully saturated rings. The number of piperidine rings is 1. The lowest BCUT2D eigenvalue weighted by Gasteiger charge is -2.30. The minimum Gasteiger partial charge on any atom is -0.473 e. The topological polar surface area (TPSA) is 118 Å². The minimum absolute atomic E-state index is 0.201. The first kappa shape index (κ1) is 18.3. The van der Waals surface area contributed by atoms with Gasteiger partial charge in [0.2, 0.25) is 5.91 Å². The van der Waals surface area contributed by atoms with Crippen LogP contribution in [0.15, 0.2) is 0 Å². The molecule has 0 spiro atoms. The normalized spacial score (nSPS) is 15.5. The number of likely N-dealkylation sites (tertiary alicyclic amines) is 1. The lowest BCUT2D eigenvalue weighted by molar-refractivity contribution is -0.159. The number of carboxylic acids is 2. The van der Waals surface area contributed by atoms with Gasteiger partial charge in [0.15, 0.2) is 0 Å². The van der Waals surface area contributed by atoms with E-state index in [2.05, 4.69) is 0 Å². The number of carbonyl (C=O) groups is 3. The Hall–Kier alpha value is -1.67. The molecule has 1 aliphatic heterocycles. The maximum atomic E-state index is 11.6. The summed E-state index contributed by atoms with van der Waals surface area (Å²) in [5.41, 5.74) is 0. The van der Waals surface area contributed by atoms with Gasteiger partial charge in [-0.15, -0.1) is 0 Å². The molecule has 8 heteroatoms. The van der Waals surface area contributed by atoms with Crippen molar-refractivity contribution in [2.45, 2.75) is 25.4 Å². The van der Waals surface area contributed by atoms with Gasteiger partial charge in [-0.05, 0) is 26.9 Å². The van der Waals surface area contributed by atoms with E-state index in [1.165, 1.54) is 0 Å². The summed E-state index contributed by atoms with van der Waals surface area (Å²) in [6, 6.07) is 0. The molecule has 20 heavy (non-hydrogen) atoms. The van der Waals surface area contributed by atoms with E-state index < -0.39 is 11.9 Å². The molecule has 1 aliphatic rings. The molecule has 116 valence electrons. The van der Waals surface area contributed by atoms with Gasteiger partial charge in [0.1, 0.15) is 0 Å². The van der Waals surface area contributed by atoms with Crippen LogP contribution in [0.1, 0.15) is 19.3 Å². The monoisotopic (exact) mass is 290 g/mol. The van der Waals surface area contributed by atoms with Crippen molar-refractivity contribution in [3.8, 4) is 0 Å². The molecule has 1 rings (SSSR count). The van der Waals surface area contributed by atoms with Gasteiger partial charge in [-0.25, -0.2) is 9.59 Å². The third kappa shape index (κ3) is 8.44. The molecule has 3 N–H and O–H groups in total. The van der Waals surface area contributed by atoms with Crippen LogP contribution >= 0.6 is 0 Å². The number of amides is 1. The van der Waals surface area contributed by atoms with Crippen molar-refractivity contribution in [3.63, 3.8) is 0 Å². The van der Waals surface area contributed by atoms with E-state index in [4.69, 9.17) is 19.8 Å². The highest BCUT2D eigenvalue weighted by atomic mass is 16.4. The summed E-state index contributed by atoms with van der Waals surface area (Å²) in [5.74, 6) is -3.43. The zero-order chi connectivity index (χ0) is 15.7. The lowest BCUT2D eigenvalue weighted by Crippen LogP contribution is -2.40. The van der Waals surface area contributed by atoms with Crippen molar-refractivity contribution >= 4 is 17.8 Å². The van der Waals surface area contributed by atoms with Crippen LogP contribution in [-0.2, 0) is 14.4 Å². The first-order chi connectivity index (χ1) is 9.23. The van der Waals surface area contributed by atoms with E-state index in [1.807, 2.05) is 23.9 Å². The van der Waals surface area contributed by atoms with E-state index in [9.17, 15) is 9.90 Å². The van der Waals surface area contributed by atoms with Crippen LogP contribution in [0.25, 0.3) is 0 Å². The van der Waals surface area contributed by atoms with E-state index in [1.54, 1.807) is 0 Å². The Morgan fingerprint density at radius 1 is 1.10 bits per heavy atom. The van der Waals surface area contributed by atoms with Gasteiger partial charge < -0.3 is 25.1 Å². The second-order valence-corrected chi connectivity index (χ2v) is 4.78. The predicted molar refractivity (Wildman–Crippen MR) is 70.3 cm³/mol. The van der Waals surface area contributed by atoms with Gasteiger partial charge in [0, 0.05) is 26.1 Å². The van der Waals surface area contributed by atoms with Crippen LogP contribution in [0.2, 0.25) is 0 Å². The molecule has 0 saturated carbocycles. The number of hydrogen-bond acceptors (Lipinski definition) is 5. The predicted octanol–water partition coefficient (Wildman–Crippen LogP) is -0.923. The maximum Gasteiger partial charge on any atom is 0.414 e. The van der Waals surface area contributed by atoms with Gasteiger partial charge >= 0.3 is 11.9 Å². The molecule has 0 aliphatic carbocycles. The summed E-state index contributed by atoms with van der Waals surface area (Å²) < 4.78 is 0. The fourth-order valence-electron chi connectivity index (χ4n) is 1.59. The first-order valence-corrected chi connectivity index (χ1v) is 6.30. The van der Waals surface area contributed by atoms with Crippen LogP contribution in [0.4, 0.5) is 0 Å². The molecule has 0 radical (unpaired) electrons. The SMILES string of the molecule is CN(C)CCC(=O)N1CCC(O)CC1.O=C(O)C(=O)O. The highest BCUT2D eigenvalue weighted by Gasteiger charge is 2.20. The van der Waals surface area contributed by atoms with Crippen LogP contribution in [-0.4, -0.2) is 82.8 Å². The molecule has 0 bridgehead atoms. The Bertz CT molecular complexity index is 325. The van der Waals surface area contributed by atoms with Crippen molar-refractivity contribution in [2.75, 3.05) is 33.7 Å². The van der Waals surface area contributed by atoms with Gasteiger partial charge in [-0.3, -0.25) is 4.79 Å². The Balaban J connectivity index is 0.000000511. The first-order valence-electron chi connectivity index (χ1n) is 6.30. The third-order valence-corrected chi connectivity index (χ3v) is 2.77. The highest BCUT2D eigenvalue weighted by molar-refractivity contribution is 6.27. The molecule has 0 unspecified atom stereocenters. The molecule has 8 nitrogen and oxygen atoms in total. The Labute approximate surface area is 117 Å². The zero-order valence-electron chi connectivity index (χ0n) is 11.8. The van der Waals surface area contributed by atoms with Crippen LogP contribution < -0.4 is 0 Å². The quantitative estimate of drug-likeness (QED) is 0.575. The number of carboxylic acid groups (broad SMARTS) is 2. The summed E-state index contributed by atoms with van der Waals surface area (Å²) in [6.07, 6.45) is 1.85. The summed E-state index contributed by atoms with van der Waals surface area (Å²) in [6.45, 7) is 2.23. The van der Waals surface area contributed by atoms with Gasteiger partial charge in [-0.1, -0.05) is 0 Å². The van der Waals surface area contributed by atoms with E-state index in [0.717, 1.165) is 19.4 Å². The summed E-state index contributed by atoms with van der Waals surface area (Å²) in [7, 11) is 3.93. The molecule has 0 atom stereocenters. The van der Waals surface area contributed by atoms with Crippen LogP contribution in [0.3, 0.4) is 0 Å². The molecule has 1 heterocycles. The fourth-order valence-corrected chi connectivity index (χ4v) is 1.59. The number of nitrogens with zero attached hydrogens (tertiary/aromatic N) is 2. The summed E-state index contributed by atoms with van der Waals surface area (Å²) in [5, 5.41) is 24.1. The van der Waals surface area contributed by atoms with Gasteiger partial charge in [-0.2, -0.15) is 0 Å². The Kier molecular flexibility index (Phi) is 8.49. The third-order valence-electron chi connectivity index (χ3n) is 2.77. The molecular formula is C12H22N2O6. The summed E-state index contributed by atoms with van der Waals surface area (Å²) >= 11 is 0. The second-order valence-electron chi connectivity index (χ2n) is 4.78. The van der Waals surface area contributed by atoms with E-state index in [-0.39, 0.29) is 12.0 Å². The average Bonchev–Trinajstić information content (AvgIpc) is 2.37. The second kappa shape index (κ2) is 9.27. The molecule has 1 amide bonds. The molecule has 0 aromatic heterocycles. The number of carbonyl (C=O) groups excluding carboxylic acids is 1. The van der Waals surface area contributed by atoms with Crippen molar-refractivity contribution in [3.05, 3.63) is 0 Å². The molecular weight excluding hydrogens is 268 g/mol. The van der Waals surface area contributed by atoms with Gasteiger partial charge in [0.05, 0.1) is 6.10 Å². The van der Waals surface area contributed by atoms with Crippen LogP contribution in [0.5, 0.6) is 0 Å². The number of aliphatic carboxylic acids is 2. The molecule has 0 aromatic rings. The van der Waals surface area contributed by atoms with Crippen molar-refractivity contribution < 1.29 is 29.7 Å². The summed E-state index contributed by atoms with van der Waals surface area (Å²) in [4.78, 5) is 33.7. The Morgan fingerprint density at radius 3 is 1.90 bits per heavy atom. The van der Waals surface area contributed by atoms with Crippen molar-refractivity contribution in [2.24, 2.45) is 0 Å². The minimum atomic E-state index is -1.82. The van der Waals surface area contributed by atoms with Crippen molar-refractivity contribution in [1.82, 2.24) is 9.80 Å². The maximum absolute atomic E-state index is 11.6. The standard InChI is InChI=1S/C10H20N2O2.C2H2O4/c1-11(2)6-5-10(14)12-7-3-9(13)4-8-12;3-1(4)2(5)6/h9,13H,3-8H2,1-2H3;(H,3,4)(H,5,6). The fraction of sp³-hybridized carbons (Fsp3) is 0.750. The molecule has 0 aromatic carbocycles. The van der Waals surface area contributed by atoms with Crippen LogP contribution in [0, 0.1) is 0 Å². The van der Waals surface area contributed by atoms with E-state index in [0.29, 0.717) is 19.5 Å². The highest BCUT2D eigenvalue weighted by Crippen LogP contribution is 2.10. The van der Waals surface area contributed by atoms with Gasteiger partial charge in [0.25, 0.3) is 0 Å². The smallest absolute Gasteiger partial charge is 0.414 e. The average molecular weight is 290 g/mol. The largest absolute Gasteiger partial charge is 0.473 e. The zero-order valence-corrected chi connectivity index (χ0v) is 11.8. The number of hydrogen-bond donors (Lipinski definition) is 3. The number of aliphatic hydroxyl groups excluding tert-OH is 1. The van der Waals surface area contributed by atoms with Crippen molar-refractivity contribution in [1.29, 1.82) is 0 Å². The number of aliphatic hydroxyl groups is 1.